The van der Waals surface area contributed by atoms with E-state index in [1.54, 1.807) is 24.4 Å². The molecule has 6 heteroatoms. The lowest BCUT2D eigenvalue weighted by Gasteiger charge is -2.17. The third-order valence-electron chi connectivity index (χ3n) is 3.16. The van der Waals surface area contributed by atoms with Gasteiger partial charge in [0, 0.05) is 38.1 Å². The fraction of sp³-hybridized carbons (Fsp3) is 0.467. The van der Waals surface area contributed by atoms with E-state index >= 15 is 0 Å². The third-order valence-corrected chi connectivity index (χ3v) is 4.96. The Morgan fingerprint density at radius 1 is 1.29 bits per heavy atom. The molecule has 118 valence electrons. The number of aromatic nitrogens is 1. The average molecular weight is 311 g/mol. The van der Waals surface area contributed by atoms with E-state index in [1.165, 1.54) is 4.31 Å². The number of hydrogen-bond donors (Lipinski definition) is 1. The minimum absolute atomic E-state index is 0.272. The average Bonchev–Trinajstić information content (AvgIpc) is 2.88. The molecule has 1 aromatic heterocycles. The molecule has 0 aliphatic heterocycles. The van der Waals surface area contributed by atoms with Crippen LogP contribution in [-0.4, -0.2) is 36.9 Å². The molecule has 0 unspecified atom stereocenters. The van der Waals surface area contributed by atoms with Gasteiger partial charge in [-0.1, -0.05) is 19.1 Å². The first-order valence-electron chi connectivity index (χ1n) is 7.12. The minimum atomic E-state index is -3.52. The molecule has 0 aliphatic rings. The summed E-state index contributed by atoms with van der Waals surface area (Å²) in [5, 5.41) is 3.22. The molecule has 1 aromatic rings. The van der Waals surface area contributed by atoms with E-state index in [0.717, 1.165) is 18.8 Å². The lowest BCUT2D eigenvalue weighted by molar-refractivity contribution is 0.474. The zero-order valence-corrected chi connectivity index (χ0v) is 13.7. The molecule has 0 aliphatic carbocycles. The summed E-state index contributed by atoms with van der Waals surface area (Å²) in [4.78, 5) is 0.320. The fourth-order valence-electron chi connectivity index (χ4n) is 2.07. The smallest absolute Gasteiger partial charge is 0.245 e. The highest BCUT2D eigenvalue weighted by molar-refractivity contribution is 7.89. The number of nitrogens with zero attached hydrogens (tertiary/aromatic N) is 2. The molecule has 1 heterocycles. The second kappa shape index (κ2) is 8.17. The summed E-state index contributed by atoms with van der Waals surface area (Å²) in [5.41, 5.74) is 0.968. The van der Waals surface area contributed by atoms with Gasteiger partial charge in [0.05, 0.1) is 0 Å². The van der Waals surface area contributed by atoms with Crippen LogP contribution in [0.2, 0.25) is 0 Å². The van der Waals surface area contributed by atoms with E-state index in [2.05, 4.69) is 18.5 Å². The van der Waals surface area contributed by atoms with Crippen LogP contribution in [0.5, 0.6) is 0 Å². The zero-order chi connectivity index (χ0) is 15.9. The molecule has 1 N–H and O–H groups in total. The van der Waals surface area contributed by atoms with Crippen LogP contribution in [0, 0.1) is 0 Å². The van der Waals surface area contributed by atoms with Gasteiger partial charge in [-0.05, 0) is 19.5 Å². The molecule has 0 radical (unpaired) electrons. The highest BCUT2D eigenvalue weighted by Gasteiger charge is 2.24. The van der Waals surface area contributed by atoms with Gasteiger partial charge in [0.25, 0.3) is 0 Å². The van der Waals surface area contributed by atoms with E-state index in [9.17, 15) is 8.42 Å². The lowest BCUT2D eigenvalue weighted by Crippen LogP contribution is -2.31. The highest BCUT2D eigenvalue weighted by Crippen LogP contribution is 2.19. The first-order chi connectivity index (χ1) is 10.0. The van der Waals surface area contributed by atoms with Crippen molar-refractivity contribution in [3.05, 3.63) is 43.3 Å². The molecular formula is C15H25N3O2S. The van der Waals surface area contributed by atoms with Crippen LogP contribution in [0.4, 0.5) is 0 Å². The molecule has 1 rings (SSSR count). The molecule has 0 aromatic carbocycles. The normalized spacial score (nSPS) is 11.8. The summed E-state index contributed by atoms with van der Waals surface area (Å²) in [5.74, 6) is 0. The van der Waals surface area contributed by atoms with E-state index in [-0.39, 0.29) is 13.1 Å². The summed E-state index contributed by atoms with van der Waals surface area (Å²) < 4.78 is 28.6. The van der Waals surface area contributed by atoms with Gasteiger partial charge in [-0.25, -0.2) is 8.42 Å². The standard InChI is InChI=1S/C15H25N3O2S/c1-5-9-18(10-6-2)21(19,20)15-11-14(12-16-7-3)17(8-4)13-15/h5-6,11,13,16H,1-2,7-10,12H2,3-4H3. The van der Waals surface area contributed by atoms with Crippen molar-refractivity contribution in [2.75, 3.05) is 19.6 Å². The first-order valence-corrected chi connectivity index (χ1v) is 8.56. The molecule has 0 amide bonds. The van der Waals surface area contributed by atoms with Gasteiger partial charge in [-0.2, -0.15) is 4.31 Å². The molecule has 21 heavy (non-hydrogen) atoms. The van der Waals surface area contributed by atoms with Gasteiger partial charge in [-0.3, -0.25) is 0 Å². The third kappa shape index (κ3) is 4.30. The van der Waals surface area contributed by atoms with Gasteiger partial charge < -0.3 is 9.88 Å². The highest BCUT2D eigenvalue weighted by atomic mass is 32.2. The van der Waals surface area contributed by atoms with Crippen molar-refractivity contribution in [1.29, 1.82) is 0 Å². The number of hydrogen-bond acceptors (Lipinski definition) is 3. The number of sulfonamides is 1. The van der Waals surface area contributed by atoms with E-state index in [0.29, 0.717) is 11.4 Å². The van der Waals surface area contributed by atoms with Crippen molar-refractivity contribution < 1.29 is 8.42 Å². The Balaban J connectivity index is 3.14. The zero-order valence-electron chi connectivity index (χ0n) is 12.9. The monoisotopic (exact) mass is 311 g/mol. The van der Waals surface area contributed by atoms with Crippen LogP contribution in [-0.2, 0) is 23.1 Å². The largest absolute Gasteiger partial charge is 0.349 e. The van der Waals surface area contributed by atoms with Crippen molar-refractivity contribution >= 4 is 10.0 Å². The Morgan fingerprint density at radius 2 is 1.90 bits per heavy atom. The Bertz CT molecular complexity index is 566. The molecule has 0 bridgehead atoms. The van der Waals surface area contributed by atoms with Crippen LogP contribution in [0.25, 0.3) is 0 Å². The van der Waals surface area contributed by atoms with Gasteiger partial charge >= 0.3 is 0 Å². The molecule has 0 atom stereocenters. The Labute approximate surface area is 128 Å². The summed E-state index contributed by atoms with van der Waals surface area (Å²) in [6.45, 7) is 14.0. The first kappa shape index (κ1) is 17.7. The van der Waals surface area contributed by atoms with Crippen LogP contribution in [0.15, 0.2) is 42.5 Å². The SMILES string of the molecule is C=CCN(CC=C)S(=O)(=O)c1cc(CNCC)n(CC)c1. The predicted octanol–water partition coefficient (Wildman–Crippen LogP) is 1.98. The fourth-order valence-corrected chi connectivity index (χ4v) is 3.52. The molecule has 0 fully saturated rings. The molecule has 0 saturated heterocycles. The van der Waals surface area contributed by atoms with Crippen molar-refractivity contribution in [1.82, 2.24) is 14.2 Å². The van der Waals surface area contributed by atoms with Crippen LogP contribution < -0.4 is 5.32 Å². The van der Waals surface area contributed by atoms with E-state index in [4.69, 9.17) is 0 Å². The van der Waals surface area contributed by atoms with Crippen LogP contribution in [0.3, 0.4) is 0 Å². The lowest BCUT2D eigenvalue weighted by atomic mass is 10.4. The minimum Gasteiger partial charge on any atom is -0.349 e. The topological polar surface area (TPSA) is 54.3 Å². The van der Waals surface area contributed by atoms with Crippen molar-refractivity contribution in [3.63, 3.8) is 0 Å². The van der Waals surface area contributed by atoms with Crippen LogP contribution >= 0.6 is 0 Å². The number of aryl methyl sites for hydroxylation is 1. The maximum atomic E-state index is 12.7. The van der Waals surface area contributed by atoms with Gasteiger partial charge in [0.2, 0.25) is 10.0 Å². The predicted molar refractivity (Wildman–Crippen MR) is 86.6 cm³/mol. The second-order valence-corrected chi connectivity index (χ2v) is 6.57. The summed E-state index contributed by atoms with van der Waals surface area (Å²) in [6, 6.07) is 1.74. The Kier molecular flexibility index (Phi) is 6.87. The summed E-state index contributed by atoms with van der Waals surface area (Å²) >= 11 is 0. The van der Waals surface area contributed by atoms with Crippen molar-refractivity contribution in [3.8, 4) is 0 Å². The van der Waals surface area contributed by atoms with E-state index < -0.39 is 10.0 Å². The van der Waals surface area contributed by atoms with E-state index in [1.807, 2.05) is 18.4 Å². The van der Waals surface area contributed by atoms with Gasteiger partial charge in [0.1, 0.15) is 4.90 Å². The van der Waals surface area contributed by atoms with Crippen LogP contribution in [0.1, 0.15) is 19.5 Å². The molecule has 0 spiro atoms. The number of rotatable bonds is 10. The molecule has 5 nitrogen and oxygen atoms in total. The Morgan fingerprint density at radius 3 is 2.38 bits per heavy atom. The second-order valence-electron chi connectivity index (χ2n) is 4.63. The summed E-state index contributed by atoms with van der Waals surface area (Å²) in [7, 11) is -3.52. The van der Waals surface area contributed by atoms with Crippen molar-refractivity contribution in [2.45, 2.75) is 31.8 Å². The maximum Gasteiger partial charge on any atom is 0.245 e. The number of nitrogens with one attached hydrogen (secondary N) is 1. The van der Waals surface area contributed by atoms with Gasteiger partial charge in [-0.15, -0.1) is 13.2 Å². The molecule has 0 saturated carbocycles. The summed E-state index contributed by atoms with van der Waals surface area (Å²) in [6.07, 6.45) is 4.86. The van der Waals surface area contributed by atoms with Crippen molar-refractivity contribution in [2.24, 2.45) is 0 Å². The van der Waals surface area contributed by atoms with Gasteiger partial charge in [0.15, 0.2) is 0 Å². The maximum absolute atomic E-state index is 12.7. The molecular weight excluding hydrogens is 286 g/mol. The Hall–Kier alpha value is -1.37. The quantitative estimate of drug-likeness (QED) is 0.672.